The van der Waals surface area contributed by atoms with Gasteiger partial charge in [-0.2, -0.15) is 0 Å². The Kier molecular flexibility index (Phi) is 6.75. The van der Waals surface area contributed by atoms with Crippen molar-refractivity contribution in [2.24, 2.45) is 0 Å². The van der Waals surface area contributed by atoms with E-state index in [1.807, 2.05) is 32.0 Å². The highest BCUT2D eigenvalue weighted by atomic mass is 35.5. The third-order valence-corrected chi connectivity index (χ3v) is 4.93. The third kappa shape index (κ3) is 5.48. The molecule has 4 nitrogen and oxygen atoms in total. The molecular weight excluding hydrogens is 427 g/mol. The van der Waals surface area contributed by atoms with E-state index in [0.29, 0.717) is 21.6 Å². The highest BCUT2D eigenvalue weighted by Crippen LogP contribution is 2.31. The van der Waals surface area contributed by atoms with Crippen molar-refractivity contribution in [3.05, 3.63) is 81.5 Å². The van der Waals surface area contributed by atoms with Gasteiger partial charge in [0.25, 0.3) is 0 Å². The van der Waals surface area contributed by atoms with Gasteiger partial charge in [0, 0.05) is 22.3 Å². The number of thiocarbonyl (C=S) groups is 1. The molecule has 0 radical (unpaired) electrons. The zero-order valence-corrected chi connectivity index (χ0v) is 18.1. The van der Waals surface area contributed by atoms with Crippen molar-refractivity contribution in [3.8, 4) is 11.3 Å². The Bertz CT molecular complexity index is 1090. The fourth-order valence-corrected chi connectivity index (χ4v) is 3.45. The molecule has 1 amide bonds. The second-order valence-electron chi connectivity index (χ2n) is 6.37. The first-order chi connectivity index (χ1) is 13.8. The number of anilines is 1. The molecule has 0 saturated heterocycles. The molecule has 1 aromatic heterocycles. The minimum Gasteiger partial charge on any atom is -0.457 e. The molecule has 0 atom stereocenters. The molecular formula is C22H18Cl2N2O2S. The molecule has 0 spiro atoms. The summed E-state index contributed by atoms with van der Waals surface area (Å²) in [5.41, 5.74) is 3.69. The van der Waals surface area contributed by atoms with Crippen LogP contribution >= 0.6 is 35.4 Å². The van der Waals surface area contributed by atoms with Gasteiger partial charge < -0.3 is 9.73 Å². The number of para-hydroxylation sites is 1. The lowest BCUT2D eigenvalue weighted by Crippen LogP contribution is -2.33. The summed E-state index contributed by atoms with van der Waals surface area (Å²) in [5.74, 6) is 0.727. The number of furan rings is 1. The zero-order chi connectivity index (χ0) is 21.0. The first-order valence-corrected chi connectivity index (χ1v) is 9.91. The summed E-state index contributed by atoms with van der Waals surface area (Å²) in [6.45, 7) is 3.95. The summed E-state index contributed by atoms with van der Waals surface area (Å²) >= 11 is 17.3. The molecule has 148 valence electrons. The maximum absolute atomic E-state index is 12.2. The Balaban J connectivity index is 1.62. The molecule has 0 bridgehead atoms. The van der Waals surface area contributed by atoms with Crippen LogP contribution < -0.4 is 10.6 Å². The molecule has 0 fully saturated rings. The molecule has 0 unspecified atom stereocenters. The van der Waals surface area contributed by atoms with E-state index in [-0.39, 0.29) is 11.0 Å². The number of hydrogen-bond acceptors (Lipinski definition) is 3. The summed E-state index contributed by atoms with van der Waals surface area (Å²) in [6.07, 6.45) is 2.91. The van der Waals surface area contributed by atoms with Crippen molar-refractivity contribution in [3.63, 3.8) is 0 Å². The van der Waals surface area contributed by atoms with Gasteiger partial charge in [0.2, 0.25) is 5.91 Å². The van der Waals surface area contributed by atoms with Crippen molar-refractivity contribution in [2.75, 3.05) is 5.32 Å². The largest absolute Gasteiger partial charge is 0.457 e. The fourth-order valence-electron chi connectivity index (χ4n) is 2.74. The zero-order valence-electron chi connectivity index (χ0n) is 15.8. The van der Waals surface area contributed by atoms with Gasteiger partial charge in [-0.3, -0.25) is 10.1 Å². The van der Waals surface area contributed by atoms with Crippen LogP contribution in [-0.4, -0.2) is 11.0 Å². The Labute approximate surface area is 184 Å². The van der Waals surface area contributed by atoms with Crippen molar-refractivity contribution in [1.82, 2.24) is 5.32 Å². The molecule has 0 aliphatic heterocycles. The lowest BCUT2D eigenvalue weighted by Gasteiger charge is -2.13. The van der Waals surface area contributed by atoms with Crippen LogP contribution in [0.1, 0.15) is 16.9 Å². The number of nitrogens with one attached hydrogen (secondary N) is 2. The smallest absolute Gasteiger partial charge is 0.250 e. The third-order valence-electron chi connectivity index (χ3n) is 4.18. The van der Waals surface area contributed by atoms with Crippen LogP contribution in [0.25, 0.3) is 17.4 Å². The van der Waals surface area contributed by atoms with Crippen molar-refractivity contribution < 1.29 is 9.21 Å². The number of amides is 1. The number of hydrogen-bond donors (Lipinski definition) is 2. The second kappa shape index (κ2) is 9.27. The van der Waals surface area contributed by atoms with Crippen LogP contribution in [0.3, 0.4) is 0 Å². The van der Waals surface area contributed by atoms with Gasteiger partial charge in [-0.05, 0) is 73.6 Å². The van der Waals surface area contributed by atoms with Crippen LogP contribution in [-0.2, 0) is 4.79 Å². The molecule has 0 aliphatic carbocycles. The topological polar surface area (TPSA) is 54.3 Å². The predicted octanol–water partition coefficient (Wildman–Crippen LogP) is 6.40. The van der Waals surface area contributed by atoms with Crippen molar-refractivity contribution >= 4 is 58.2 Å². The van der Waals surface area contributed by atoms with Crippen molar-refractivity contribution in [1.29, 1.82) is 0 Å². The maximum atomic E-state index is 12.2. The molecule has 3 aromatic rings. The summed E-state index contributed by atoms with van der Waals surface area (Å²) in [6, 6.07) is 14.6. The number of halogens is 2. The highest BCUT2D eigenvalue weighted by Gasteiger charge is 2.09. The molecule has 2 N–H and O–H groups in total. The highest BCUT2D eigenvalue weighted by molar-refractivity contribution is 7.80. The minimum absolute atomic E-state index is 0.227. The SMILES string of the molecule is Cc1cccc(C)c1NC(=S)NC(=O)/C=C/c1ccc(-c2ccc(Cl)cc2Cl)o1. The normalized spacial score (nSPS) is 10.9. The van der Waals surface area contributed by atoms with Crippen LogP contribution in [0.4, 0.5) is 5.69 Å². The standard InChI is InChI=1S/C22H18Cl2N2O2S/c1-13-4-3-5-14(2)21(13)26-22(29)25-20(27)11-8-16-7-10-19(28-16)17-9-6-15(23)12-18(17)24/h3-12H,1-2H3,(H2,25,26,27,29)/b11-8+. The van der Waals surface area contributed by atoms with Gasteiger partial charge in [0.15, 0.2) is 5.11 Å². The summed E-state index contributed by atoms with van der Waals surface area (Å²) in [4.78, 5) is 12.2. The monoisotopic (exact) mass is 444 g/mol. The number of aryl methyl sites for hydroxylation is 2. The van der Waals surface area contributed by atoms with E-state index in [0.717, 1.165) is 22.4 Å². The van der Waals surface area contributed by atoms with Gasteiger partial charge >= 0.3 is 0 Å². The Hall–Kier alpha value is -2.60. The molecule has 0 aliphatic rings. The van der Waals surface area contributed by atoms with Crippen LogP contribution in [0.5, 0.6) is 0 Å². The van der Waals surface area contributed by atoms with Crippen molar-refractivity contribution in [2.45, 2.75) is 13.8 Å². The maximum Gasteiger partial charge on any atom is 0.250 e. The molecule has 7 heteroatoms. The number of benzene rings is 2. The second-order valence-corrected chi connectivity index (χ2v) is 7.62. The van der Waals surface area contributed by atoms with E-state index in [4.69, 9.17) is 39.8 Å². The first-order valence-electron chi connectivity index (χ1n) is 8.75. The molecule has 29 heavy (non-hydrogen) atoms. The molecule has 2 aromatic carbocycles. The predicted molar refractivity (Wildman–Crippen MR) is 123 cm³/mol. The Morgan fingerprint density at radius 3 is 2.48 bits per heavy atom. The quantitative estimate of drug-likeness (QED) is 0.361. The average molecular weight is 445 g/mol. The summed E-state index contributed by atoms with van der Waals surface area (Å²) in [5, 5.41) is 6.95. The van der Waals surface area contributed by atoms with Gasteiger partial charge in [0.05, 0.1) is 5.02 Å². The van der Waals surface area contributed by atoms with E-state index in [1.54, 1.807) is 36.4 Å². The minimum atomic E-state index is -0.365. The van der Waals surface area contributed by atoms with Crippen LogP contribution in [0.15, 0.2) is 59.0 Å². The Morgan fingerprint density at radius 2 is 1.79 bits per heavy atom. The lowest BCUT2D eigenvalue weighted by atomic mass is 10.1. The van der Waals surface area contributed by atoms with E-state index < -0.39 is 0 Å². The molecule has 3 rings (SSSR count). The van der Waals surface area contributed by atoms with Gasteiger partial charge in [-0.1, -0.05) is 41.4 Å². The lowest BCUT2D eigenvalue weighted by molar-refractivity contribution is -0.115. The Morgan fingerprint density at radius 1 is 1.07 bits per heavy atom. The van der Waals surface area contributed by atoms with Gasteiger partial charge in [-0.25, -0.2) is 0 Å². The molecule has 1 heterocycles. The van der Waals surface area contributed by atoms with Crippen LogP contribution in [0.2, 0.25) is 10.0 Å². The number of carbonyl (C=O) groups is 1. The summed E-state index contributed by atoms with van der Waals surface area (Å²) < 4.78 is 5.73. The average Bonchev–Trinajstić information content (AvgIpc) is 3.12. The molecule has 0 saturated carbocycles. The first kappa shape index (κ1) is 21.1. The fraction of sp³-hybridized carbons (Fsp3) is 0.0909. The number of carbonyl (C=O) groups excluding carboxylic acids is 1. The number of rotatable bonds is 4. The van der Waals surface area contributed by atoms with Gasteiger partial charge in [0.1, 0.15) is 11.5 Å². The van der Waals surface area contributed by atoms with E-state index in [1.165, 1.54) is 6.08 Å². The van der Waals surface area contributed by atoms with Crippen LogP contribution in [0, 0.1) is 13.8 Å². The van der Waals surface area contributed by atoms with E-state index >= 15 is 0 Å². The van der Waals surface area contributed by atoms with E-state index in [9.17, 15) is 4.79 Å². The van der Waals surface area contributed by atoms with Gasteiger partial charge in [-0.15, -0.1) is 0 Å². The van der Waals surface area contributed by atoms with E-state index in [2.05, 4.69) is 10.6 Å². The summed E-state index contributed by atoms with van der Waals surface area (Å²) in [7, 11) is 0.